The summed E-state index contributed by atoms with van der Waals surface area (Å²) in [4.78, 5) is 27.1. The molecule has 1 aliphatic rings. The van der Waals surface area contributed by atoms with Crippen molar-refractivity contribution in [1.82, 2.24) is 4.90 Å². The minimum absolute atomic E-state index is 0.0180. The third kappa shape index (κ3) is 5.86. The van der Waals surface area contributed by atoms with Crippen LogP contribution in [0.1, 0.15) is 30.1 Å². The van der Waals surface area contributed by atoms with Crippen molar-refractivity contribution in [3.8, 4) is 5.75 Å². The number of anilines is 2. The Hall–Kier alpha value is -3.28. The summed E-state index contributed by atoms with van der Waals surface area (Å²) >= 11 is 0. The third-order valence-corrected chi connectivity index (χ3v) is 5.15. The van der Waals surface area contributed by atoms with Gasteiger partial charge in [-0.05, 0) is 49.1 Å². The van der Waals surface area contributed by atoms with Crippen LogP contribution in [0.4, 0.5) is 11.4 Å². The lowest BCUT2D eigenvalue weighted by Gasteiger charge is -2.30. The van der Waals surface area contributed by atoms with E-state index < -0.39 is 0 Å². The van der Waals surface area contributed by atoms with Crippen LogP contribution in [0.25, 0.3) is 0 Å². The number of piperidine rings is 1. The van der Waals surface area contributed by atoms with Gasteiger partial charge in [0.05, 0.1) is 12.2 Å². The number of ether oxygens (including phenoxy) is 1. The Labute approximate surface area is 177 Å². The monoisotopic (exact) mass is 407 g/mol. The molecule has 6 nitrogen and oxygen atoms in total. The van der Waals surface area contributed by atoms with Gasteiger partial charge in [-0.1, -0.05) is 37.8 Å². The molecule has 30 heavy (non-hydrogen) atoms. The summed E-state index contributed by atoms with van der Waals surface area (Å²) in [6, 6.07) is 14.5. The maximum absolute atomic E-state index is 12.8. The number of hydrogen-bond donors (Lipinski definition) is 2. The predicted octanol–water partition coefficient (Wildman–Crippen LogP) is 4.17. The largest absolute Gasteiger partial charge is 0.487 e. The van der Waals surface area contributed by atoms with Crippen molar-refractivity contribution in [2.75, 3.05) is 36.9 Å². The molecule has 158 valence electrons. The van der Waals surface area contributed by atoms with Gasteiger partial charge in [0, 0.05) is 24.3 Å². The highest BCUT2D eigenvalue weighted by molar-refractivity contribution is 5.98. The summed E-state index contributed by atoms with van der Waals surface area (Å²) in [7, 11) is 0. The average Bonchev–Trinajstić information content (AvgIpc) is 2.77. The summed E-state index contributed by atoms with van der Waals surface area (Å²) in [5.41, 5.74) is 1.94. The molecule has 1 fully saturated rings. The molecule has 2 amide bonds. The SMILES string of the molecule is C=CCOc1ccccc1NCC(=O)Nc1cccc(C(=O)N2CCC(C)CC2)c1. The van der Waals surface area contributed by atoms with Crippen LogP contribution >= 0.6 is 0 Å². The van der Waals surface area contributed by atoms with Crippen LogP contribution in [0.2, 0.25) is 0 Å². The van der Waals surface area contributed by atoms with Crippen LogP contribution in [-0.4, -0.2) is 43.0 Å². The minimum atomic E-state index is -0.204. The number of likely N-dealkylation sites (tertiary alicyclic amines) is 1. The number of para-hydroxylation sites is 2. The maximum Gasteiger partial charge on any atom is 0.253 e. The molecule has 2 N–H and O–H groups in total. The van der Waals surface area contributed by atoms with Gasteiger partial charge >= 0.3 is 0 Å². The number of rotatable bonds is 8. The summed E-state index contributed by atoms with van der Waals surface area (Å²) in [5, 5.41) is 5.94. The van der Waals surface area contributed by atoms with Gasteiger partial charge in [0.1, 0.15) is 12.4 Å². The maximum atomic E-state index is 12.8. The van der Waals surface area contributed by atoms with Crippen molar-refractivity contribution in [3.05, 3.63) is 66.7 Å². The third-order valence-electron chi connectivity index (χ3n) is 5.15. The Morgan fingerprint density at radius 2 is 1.93 bits per heavy atom. The highest BCUT2D eigenvalue weighted by atomic mass is 16.5. The average molecular weight is 408 g/mol. The van der Waals surface area contributed by atoms with E-state index >= 15 is 0 Å². The van der Waals surface area contributed by atoms with E-state index in [1.807, 2.05) is 29.2 Å². The number of carbonyl (C=O) groups is 2. The van der Waals surface area contributed by atoms with Gasteiger partial charge in [-0.15, -0.1) is 0 Å². The molecular formula is C24H29N3O3. The fourth-order valence-corrected chi connectivity index (χ4v) is 3.39. The molecule has 2 aromatic rings. The van der Waals surface area contributed by atoms with Gasteiger partial charge in [-0.3, -0.25) is 9.59 Å². The van der Waals surface area contributed by atoms with Crippen molar-refractivity contribution in [3.63, 3.8) is 0 Å². The van der Waals surface area contributed by atoms with E-state index in [-0.39, 0.29) is 18.4 Å². The van der Waals surface area contributed by atoms with E-state index in [4.69, 9.17) is 4.74 Å². The van der Waals surface area contributed by atoms with E-state index in [2.05, 4.69) is 24.1 Å². The molecule has 0 radical (unpaired) electrons. The quantitative estimate of drug-likeness (QED) is 0.644. The molecule has 0 unspecified atom stereocenters. The molecule has 1 aliphatic heterocycles. The van der Waals surface area contributed by atoms with Gasteiger partial charge in [-0.25, -0.2) is 0 Å². The first-order chi connectivity index (χ1) is 14.6. The second kappa shape index (κ2) is 10.5. The molecule has 0 saturated carbocycles. The summed E-state index contributed by atoms with van der Waals surface area (Å²) < 4.78 is 5.59. The zero-order valence-corrected chi connectivity index (χ0v) is 17.4. The van der Waals surface area contributed by atoms with Gasteiger partial charge in [0.15, 0.2) is 0 Å². The molecule has 2 aromatic carbocycles. The summed E-state index contributed by atoms with van der Waals surface area (Å²) in [6.07, 6.45) is 3.74. The highest BCUT2D eigenvalue weighted by Gasteiger charge is 2.21. The minimum Gasteiger partial charge on any atom is -0.487 e. The number of nitrogens with zero attached hydrogens (tertiary/aromatic N) is 1. The summed E-state index contributed by atoms with van der Waals surface area (Å²) in [6.45, 7) is 7.90. The van der Waals surface area contributed by atoms with Gasteiger partial charge in [0.2, 0.25) is 5.91 Å². The second-order valence-corrected chi connectivity index (χ2v) is 7.55. The van der Waals surface area contributed by atoms with Crippen molar-refractivity contribution in [2.45, 2.75) is 19.8 Å². The lowest BCUT2D eigenvalue weighted by molar-refractivity contribution is -0.114. The van der Waals surface area contributed by atoms with Gasteiger partial charge in [0.25, 0.3) is 5.91 Å². The van der Waals surface area contributed by atoms with Crippen molar-refractivity contribution in [2.24, 2.45) is 5.92 Å². The van der Waals surface area contributed by atoms with E-state index in [9.17, 15) is 9.59 Å². The highest BCUT2D eigenvalue weighted by Crippen LogP contribution is 2.23. The van der Waals surface area contributed by atoms with Crippen LogP contribution < -0.4 is 15.4 Å². The van der Waals surface area contributed by atoms with E-state index in [0.717, 1.165) is 31.6 Å². The smallest absolute Gasteiger partial charge is 0.253 e. The Bertz CT molecular complexity index is 889. The van der Waals surface area contributed by atoms with Crippen LogP contribution in [0.3, 0.4) is 0 Å². The van der Waals surface area contributed by atoms with E-state index in [1.165, 1.54) is 0 Å². The number of benzene rings is 2. The normalized spacial score (nSPS) is 14.1. The number of hydrogen-bond acceptors (Lipinski definition) is 4. The first-order valence-corrected chi connectivity index (χ1v) is 10.3. The number of carbonyl (C=O) groups excluding carboxylic acids is 2. The molecule has 0 spiro atoms. The molecule has 0 atom stereocenters. The summed E-state index contributed by atoms with van der Waals surface area (Å²) in [5.74, 6) is 1.14. The molecule has 0 aromatic heterocycles. The van der Waals surface area contributed by atoms with Crippen molar-refractivity contribution >= 4 is 23.2 Å². The molecular weight excluding hydrogens is 378 g/mol. The van der Waals surface area contributed by atoms with Gasteiger partial charge < -0.3 is 20.3 Å². The number of amides is 2. The zero-order chi connectivity index (χ0) is 21.3. The fourth-order valence-electron chi connectivity index (χ4n) is 3.39. The predicted molar refractivity (Wildman–Crippen MR) is 120 cm³/mol. The van der Waals surface area contributed by atoms with Gasteiger partial charge in [-0.2, -0.15) is 0 Å². The first-order valence-electron chi connectivity index (χ1n) is 10.3. The Balaban J connectivity index is 1.56. The lowest BCUT2D eigenvalue weighted by Crippen LogP contribution is -2.37. The fraction of sp³-hybridized carbons (Fsp3) is 0.333. The topological polar surface area (TPSA) is 70.7 Å². The standard InChI is InChI=1S/C24H29N3O3/c1-3-15-30-22-10-5-4-9-21(22)25-17-23(28)26-20-8-6-7-19(16-20)24(29)27-13-11-18(2)12-14-27/h3-10,16,18,25H,1,11-15,17H2,2H3,(H,26,28). The molecule has 0 bridgehead atoms. The Morgan fingerprint density at radius 1 is 1.17 bits per heavy atom. The molecule has 3 rings (SSSR count). The Kier molecular flexibility index (Phi) is 7.49. The zero-order valence-electron chi connectivity index (χ0n) is 17.4. The Morgan fingerprint density at radius 3 is 2.70 bits per heavy atom. The molecule has 6 heteroatoms. The van der Waals surface area contributed by atoms with Crippen molar-refractivity contribution < 1.29 is 14.3 Å². The second-order valence-electron chi connectivity index (χ2n) is 7.55. The lowest BCUT2D eigenvalue weighted by atomic mass is 9.98. The van der Waals surface area contributed by atoms with Crippen molar-refractivity contribution in [1.29, 1.82) is 0 Å². The van der Waals surface area contributed by atoms with Crippen LogP contribution in [0.15, 0.2) is 61.2 Å². The number of nitrogens with one attached hydrogen (secondary N) is 2. The molecule has 1 saturated heterocycles. The van der Waals surface area contributed by atoms with Crippen LogP contribution in [-0.2, 0) is 4.79 Å². The van der Waals surface area contributed by atoms with E-state index in [0.29, 0.717) is 29.5 Å². The molecule has 1 heterocycles. The van der Waals surface area contributed by atoms with E-state index in [1.54, 1.807) is 30.3 Å². The van der Waals surface area contributed by atoms with Crippen LogP contribution in [0.5, 0.6) is 5.75 Å². The van der Waals surface area contributed by atoms with Crippen LogP contribution in [0, 0.1) is 5.92 Å². The molecule has 0 aliphatic carbocycles. The first kappa shape index (κ1) is 21.4.